The molecule has 19 heteroatoms. The molecule has 17 unspecified atom stereocenters. The van der Waals surface area contributed by atoms with Crippen molar-refractivity contribution < 1.29 is 89.4 Å². The average Bonchev–Trinajstić information content (AvgIpc) is 2.98. The lowest BCUT2D eigenvalue weighted by Crippen LogP contribution is -2.66. The van der Waals surface area contributed by atoms with E-state index in [1.54, 1.807) is 6.08 Å². The minimum absolute atomic E-state index is 0.236. The summed E-state index contributed by atoms with van der Waals surface area (Å²) in [5, 5.41) is 120. The molecule has 0 aliphatic carbocycles. The summed E-state index contributed by atoms with van der Waals surface area (Å²) in [7, 11) is 0. The molecule has 0 bridgehead atoms. The zero-order valence-corrected chi connectivity index (χ0v) is 51.6. The largest absolute Gasteiger partial charge is 0.394 e. The summed E-state index contributed by atoms with van der Waals surface area (Å²) in [6.07, 6.45) is 26.9. The predicted molar refractivity (Wildman–Crippen MR) is 323 cm³/mol. The van der Waals surface area contributed by atoms with Crippen LogP contribution >= 0.6 is 0 Å². The van der Waals surface area contributed by atoms with E-state index in [9.17, 15) is 61.0 Å². The smallest absolute Gasteiger partial charge is 0.220 e. The van der Waals surface area contributed by atoms with E-state index in [2.05, 4.69) is 43.5 Å². The van der Waals surface area contributed by atoms with Crippen LogP contribution < -0.4 is 5.32 Å². The Labute approximate surface area is 504 Å². The summed E-state index contributed by atoms with van der Waals surface area (Å²) in [5.74, 6) is -0.286. The highest BCUT2D eigenvalue weighted by Crippen LogP contribution is 2.33. The summed E-state index contributed by atoms with van der Waals surface area (Å²) >= 11 is 0. The van der Waals surface area contributed by atoms with E-state index in [-0.39, 0.29) is 18.9 Å². The van der Waals surface area contributed by atoms with Crippen molar-refractivity contribution in [3.8, 4) is 0 Å². The van der Waals surface area contributed by atoms with Crippen LogP contribution in [-0.2, 0) is 33.2 Å². The van der Waals surface area contributed by atoms with E-state index in [0.29, 0.717) is 12.8 Å². The van der Waals surface area contributed by atoms with Gasteiger partial charge in [-0.1, -0.05) is 224 Å². The molecule has 0 aromatic heterocycles. The molecule has 0 saturated carbocycles. The summed E-state index contributed by atoms with van der Waals surface area (Å²) in [4.78, 5) is 13.4. The van der Waals surface area contributed by atoms with E-state index in [1.807, 2.05) is 6.08 Å². The molecule has 0 radical (unpaired) electrons. The lowest BCUT2D eigenvalue weighted by Gasteiger charge is -2.48. The first-order valence-corrected chi connectivity index (χ1v) is 33.2. The van der Waals surface area contributed by atoms with Gasteiger partial charge in [-0.15, -0.1) is 0 Å². The predicted octanol–water partition coefficient (Wildman–Crippen LogP) is 7.66. The molecule has 492 valence electrons. The van der Waals surface area contributed by atoms with Gasteiger partial charge in [-0.05, 0) is 44.9 Å². The van der Waals surface area contributed by atoms with Crippen LogP contribution in [0.25, 0.3) is 0 Å². The van der Waals surface area contributed by atoms with Crippen molar-refractivity contribution in [1.29, 1.82) is 0 Å². The van der Waals surface area contributed by atoms with Crippen LogP contribution in [0, 0.1) is 0 Å². The molecular weight excluding hydrogens is 1080 g/mol. The third-order valence-electron chi connectivity index (χ3n) is 16.7. The zero-order valence-electron chi connectivity index (χ0n) is 51.6. The molecular formula is C65H119NO18. The number of carbonyl (C=O) groups excluding carboxylic acids is 1. The van der Waals surface area contributed by atoms with Crippen molar-refractivity contribution in [3.05, 3.63) is 36.5 Å². The lowest BCUT2D eigenvalue weighted by molar-refractivity contribution is -0.379. The molecule has 3 fully saturated rings. The average molecular weight is 1200 g/mol. The summed E-state index contributed by atoms with van der Waals surface area (Å²) in [6.45, 7) is 1.72. The Balaban J connectivity index is 1.48. The number of aliphatic hydroxyl groups is 11. The van der Waals surface area contributed by atoms with Crippen molar-refractivity contribution in [2.75, 3.05) is 26.4 Å². The number of nitrogens with one attached hydrogen (secondary N) is 1. The number of unbranched alkanes of at least 4 members (excludes halogenated alkanes) is 30. The molecule has 3 heterocycles. The van der Waals surface area contributed by atoms with E-state index < -0.39 is 124 Å². The first-order valence-electron chi connectivity index (χ1n) is 33.2. The van der Waals surface area contributed by atoms with Crippen molar-refractivity contribution in [1.82, 2.24) is 5.32 Å². The van der Waals surface area contributed by atoms with Gasteiger partial charge in [0.05, 0.1) is 38.6 Å². The third kappa shape index (κ3) is 30.5. The molecule has 3 saturated heterocycles. The number of allylic oxidation sites excluding steroid dienone is 5. The fraction of sp³-hybridized carbons (Fsp3) is 0.892. The van der Waals surface area contributed by atoms with Crippen molar-refractivity contribution in [2.45, 2.75) is 343 Å². The van der Waals surface area contributed by atoms with Gasteiger partial charge in [-0.3, -0.25) is 4.79 Å². The third-order valence-corrected chi connectivity index (χ3v) is 16.7. The number of ether oxygens (including phenoxy) is 6. The highest BCUT2D eigenvalue weighted by molar-refractivity contribution is 5.76. The number of amides is 1. The van der Waals surface area contributed by atoms with Crippen molar-refractivity contribution in [3.63, 3.8) is 0 Å². The molecule has 84 heavy (non-hydrogen) atoms. The minimum atomic E-state index is -1.98. The van der Waals surface area contributed by atoms with Crippen LogP contribution in [0.2, 0.25) is 0 Å². The van der Waals surface area contributed by atoms with Crippen LogP contribution in [0.15, 0.2) is 36.5 Å². The SMILES string of the molecule is CCCCCCCCCCC/C=C/CC/C=C/CC/C=C/C(O)C(COC1OC(CO)C(OC2OC(CO)C(OC3OC(CO)C(O)C(O)C3O)C(O)C2O)C(O)C1O)NC(=O)CCCCCCCCCCCCCCCCCCCCCC. The lowest BCUT2D eigenvalue weighted by atomic mass is 9.96. The fourth-order valence-electron chi connectivity index (χ4n) is 11.2. The summed E-state index contributed by atoms with van der Waals surface area (Å²) < 4.78 is 34.3. The topological polar surface area (TPSA) is 307 Å². The van der Waals surface area contributed by atoms with Crippen LogP contribution in [0.4, 0.5) is 0 Å². The number of rotatable bonds is 50. The number of hydrogen-bond donors (Lipinski definition) is 12. The molecule has 3 aliphatic heterocycles. The number of aliphatic hydroxyl groups excluding tert-OH is 11. The maximum atomic E-state index is 13.4. The highest BCUT2D eigenvalue weighted by atomic mass is 16.8. The Morgan fingerprint density at radius 2 is 0.762 bits per heavy atom. The Bertz CT molecular complexity index is 1670. The van der Waals surface area contributed by atoms with Gasteiger partial charge in [0, 0.05) is 6.42 Å². The molecule has 3 aliphatic rings. The minimum Gasteiger partial charge on any atom is -0.394 e. The Morgan fingerprint density at radius 1 is 0.417 bits per heavy atom. The maximum Gasteiger partial charge on any atom is 0.220 e. The van der Waals surface area contributed by atoms with Crippen LogP contribution in [-0.4, -0.2) is 193 Å². The van der Waals surface area contributed by atoms with E-state index >= 15 is 0 Å². The first kappa shape index (κ1) is 76.3. The van der Waals surface area contributed by atoms with Gasteiger partial charge in [0.2, 0.25) is 5.91 Å². The Morgan fingerprint density at radius 3 is 1.19 bits per heavy atom. The summed E-state index contributed by atoms with van der Waals surface area (Å²) in [6, 6.07) is -0.993. The van der Waals surface area contributed by atoms with Crippen LogP contribution in [0.3, 0.4) is 0 Å². The Kier molecular flexibility index (Phi) is 43.5. The first-order chi connectivity index (χ1) is 40.8. The second kappa shape index (κ2) is 47.9. The molecule has 17 atom stereocenters. The molecule has 3 rings (SSSR count). The molecule has 0 aromatic rings. The van der Waals surface area contributed by atoms with E-state index in [1.165, 1.54) is 161 Å². The van der Waals surface area contributed by atoms with Gasteiger partial charge in [0.15, 0.2) is 18.9 Å². The van der Waals surface area contributed by atoms with Gasteiger partial charge in [-0.2, -0.15) is 0 Å². The van der Waals surface area contributed by atoms with Crippen molar-refractivity contribution >= 4 is 5.91 Å². The molecule has 19 nitrogen and oxygen atoms in total. The van der Waals surface area contributed by atoms with Crippen LogP contribution in [0.1, 0.15) is 239 Å². The van der Waals surface area contributed by atoms with Crippen molar-refractivity contribution in [2.24, 2.45) is 0 Å². The van der Waals surface area contributed by atoms with Crippen LogP contribution in [0.5, 0.6) is 0 Å². The zero-order chi connectivity index (χ0) is 61.2. The summed E-state index contributed by atoms with van der Waals surface area (Å²) in [5.41, 5.74) is 0. The molecule has 0 aromatic carbocycles. The molecule has 1 amide bonds. The van der Waals surface area contributed by atoms with Gasteiger partial charge < -0.3 is 89.9 Å². The molecule has 0 spiro atoms. The normalized spacial score (nSPS) is 29.4. The standard InChI is InChI=1S/C65H119NO18/c1-3-5-7-9-11-13-15-17-19-21-23-25-27-29-31-33-35-37-39-41-43-53(71)66-48(49(70)42-40-38-36-34-32-30-28-26-24-22-20-18-16-14-12-10-8-6-4-2)47-79-63-59(77)56(74)61(51(45-68)81-63)84-65-60(78)57(75)62(52(46-69)82-65)83-64-58(76)55(73)54(72)50(44-67)80-64/h24,26,32,34,40,42,48-52,54-65,67-70,72-78H,3-23,25,27-31,33,35-39,41,43-47H2,1-2H3,(H,66,71)/b26-24+,34-32+,42-40+. The fourth-order valence-corrected chi connectivity index (χ4v) is 11.2. The van der Waals surface area contributed by atoms with Gasteiger partial charge in [-0.25, -0.2) is 0 Å². The van der Waals surface area contributed by atoms with Gasteiger partial charge in [0.25, 0.3) is 0 Å². The maximum absolute atomic E-state index is 13.4. The second-order valence-electron chi connectivity index (χ2n) is 23.9. The van der Waals surface area contributed by atoms with E-state index in [0.717, 1.165) is 44.9 Å². The van der Waals surface area contributed by atoms with Gasteiger partial charge in [0.1, 0.15) is 73.2 Å². The Hall–Kier alpha value is -1.99. The molecule has 12 N–H and O–H groups in total. The monoisotopic (exact) mass is 1200 g/mol. The quantitative estimate of drug-likeness (QED) is 0.0205. The highest BCUT2D eigenvalue weighted by Gasteiger charge is 2.53. The number of hydrogen-bond acceptors (Lipinski definition) is 18. The second-order valence-corrected chi connectivity index (χ2v) is 23.9. The number of carbonyl (C=O) groups is 1. The van der Waals surface area contributed by atoms with Gasteiger partial charge >= 0.3 is 0 Å². The van der Waals surface area contributed by atoms with E-state index in [4.69, 9.17) is 28.4 Å².